The Morgan fingerprint density at radius 1 is 1.24 bits per heavy atom. The number of nitrogens with zero attached hydrogens (tertiary/aromatic N) is 5. The Morgan fingerprint density at radius 2 is 2.07 bits per heavy atom. The normalized spacial score (nSPS) is 15.8. The number of carbonyl (C=O) groups is 1. The van der Waals surface area contributed by atoms with Crippen LogP contribution in [0.15, 0.2) is 18.2 Å². The summed E-state index contributed by atoms with van der Waals surface area (Å²) in [5.41, 5.74) is 2.13. The lowest BCUT2D eigenvalue weighted by Gasteiger charge is -2.22. The van der Waals surface area contributed by atoms with E-state index < -0.39 is 0 Å². The molecule has 2 aromatic heterocycles. The van der Waals surface area contributed by atoms with Gasteiger partial charge < -0.3 is 14.6 Å². The quantitative estimate of drug-likeness (QED) is 0.728. The van der Waals surface area contributed by atoms with E-state index in [0.29, 0.717) is 5.92 Å². The van der Waals surface area contributed by atoms with E-state index in [-0.39, 0.29) is 18.6 Å². The van der Waals surface area contributed by atoms with Crippen LogP contribution in [0.4, 0.5) is 0 Å². The van der Waals surface area contributed by atoms with Crippen LogP contribution in [-0.2, 0) is 29.0 Å². The van der Waals surface area contributed by atoms with Crippen LogP contribution in [-0.4, -0.2) is 57.4 Å². The molecule has 8 heteroatoms. The van der Waals surface area contributed by atoms with Crippen molar-refractivity contribution in [1.82, 2.24) is 30.0 Å². The smallest absolute Gasteiger partial charge is 0.246 e. The maximum absolute atomic E-state index is 12.1. The average Bonchev–Trinajstić information content (AvgIpc) is 2.96. The molecule has 0 saturated heterocycles. The van der Waals surface area contributed by atoms with Gasteiger partial charge in [0.15, 0.2) is 5.82 Å². The van der Waals surface area contributed by atoms with Crippen LogP contribution in [0.5, 0.6) is 0 Å². The van der Waals surface area contributed by atoms with Gasteiger partial charge in [-0.3, -0.25) is 14.7 Å². The van der Waals surface area contributed by atoms with E-state index in [1.54, 1.807) is 0 Å². The Balaban J connectivity index is 1.72. The van der Waals surface area contributed by atoms with Crippen molar-refractivity contribution in [2.75, 3.05) is 26.8 Å². The van der Waals surface area contributed by atoms with Crippen molar-refractivity contribution in [3.05, 3.63) is 41.2 Å². The maximum atomic E-state index is 12.1. The minimum Gasteiger partial charge on any atom is -0.375 e. The van der Waals surface area contributed by atoms with Crippen molar-refractivity contribution in [2.24, 2.45) is 5.92 Å². The van der Waals surface area contributed by atoms with Crippen LogP contribution in [0.2, 0.25) is 0 Å². The molecular formula is C21H32N6O2. The number of hydrogen-bond donors (Lipinski definition) is 1. The molecule has 1 amide bonds. The van der Waals surface area contributed by atoms with E-state index in [4.69, 9.17) is 4.74 Å². The summed E-state index contributed by atoms with van der Waals surface area (Å²) in [5.74, 6) is 2.12. The molecule has 1 aliphatic heterocycles. The van der Waals surface area contributed by atoms with Crippen molar-refractivity contribution in [3.8, 4) is 0 Å². The van der Waals surface area contributed by atoms with Crippen molar-refractivity contribution < 1.29 is 9.53 Å². The Hall–Kier alpha value is -2.32. The monoisotopic (exact) mass is 400 g/mol. The molecule has 158 valence electrons. The summed E-state index contributed by atoms with van der Waals surface area (Å²) in [6.45, 7) is 9.80. The molecule has 0 aromatic carbocycles. The Kier molecular flexibility index (Phi) is 7.33. The highest BCUT2D eigenvalue weighted by molar-refractivity contribution is 5.77. The molecule has 2 aromatic rings. The number of methoxy groups -OCH3 is 1. The van der Waals surface area contributed by atoms with E-state index in [0.717, 1.165) is 62.1 Å². The van der Waals surface area contributed by atoms with Crippen molar-refractivity contribution in [3.63, 3.8) is 0 Å². The molecule has 0 spiro atoms. The van der Waals surface area contributed by atoms with Crippen molar-refractivity contribution >= 4 is 5.91 Å². The van der Waals surface area contributed by atoms with Gasteiger partial charge in [-0.1, -0.05) is 19.9 Å². The summed E-state index contributed by atoms with van der Waals surface area (Å²) in [4.78, 5) is 19.2. The van der Waals surface area contributed by atoms with Gasteiger partial charge in [0, 0.05) is 45.4 Å². The fraction of sp³-hybridized carbons (Fsp3) is 0.619. The first-order chi connectivity index (χ1) is 14.0. The molecule has 3 rings (SSSR count). The van der Waals surface area contributed by atoms with Gasteiger partial charge in [-0.15, -0.1) is 10.2 Å². The second-order valence-corrected chi connectivity index (χ2v) is 8.11. The molecule has 1 N–H and O–H groups in total. The largest absolute Gasteiger partial charge is 0.375 e. The number of aryl methyl sites for hydroxylation is 1. The highest BCUT2D eigenvalue weighted by Crippen LogP contribution is 2.22. The van der Waals surface area contributed by atoms with E-state index >= 15 is 0 Å². The molecule has 3 heterocycles. The molecule has 0 aliphatic carbocycles. The Morgan fingerprint density at radius 3 is 2.79 bits per heavy atom. The molecular weight excluding hydrogens is 368 g/mol. The third-order valence-electron chi connectivity index (χ3n) is 5.11. The first-order valence-electron chi connectivity index (χ1n) is 10.3. The molecule has 1 unspecified atom stereocenters. The fourth-order valence-corrected chi connectivity index (χ4v) is 3.79. The van der Waals surface area contributed by atoms with Crippen LogP contribution in [0, 0.1) is 12.8 Å². The summed E-state index contributed by atoms with van der Waals surface area (Å²) in [6, 6.07) is 5.99. The third kappa shape index (κ3) is 5.83. The molecule has 0 saturated carbocycles. The SMILES string of the molecule is COCC(=O)NC(CC(C)C)c1nnc2n1CCN(Cc1cccc(C)n1)CC2. The topological polar surface area (TPSA) is 85.2 Å². The summed E-state index contributed by atoms with van der Waals surface area (Å²) in [6.07, 6.45) is 1.64. The summed E-state index contributed by atoms with van der Waals surface area (Å²) in [5, 5.41) is 12.0. The lowest BCUT2D eigenvalue weighted by molar-refractivity contribution is -0.125. The van der Waals surface area contributed by atoms with Gasteiger partial charge in [0.05, 0.1) is 11.7 Å². The number of ether oxygens (including phenoxy) is 1. The summed E-state index contributed by atoms with van der Waals surface area (Å²) < 4.78 is 7.16. The minimum absolute atomic E-state index is 0.0485. The zero-order chi connectivity index (χ0) is 20.8. The lowest BCUT2D eigenvalue weighted by atomic mass is 10.0. The number of hydrogen-bond acceptors (Lipinski definition) is 6. The third-order valence-corrected chi connectivity index (χ3v) is 5.11. The van der Waals surface area contributed by atoms with E-state index in [1.165, 1.54) is 7.11 Å². The molecule has 0 radical (unpaired) electrons. The predicted octanol–water partition coefficient (Wildman–Crippen LogP) is 1.89. The molecule has 0 bridgehead atoms. The molecule has 1 aliphatic rings. The van der Waals surface area contributed by atoms with Crippen LogP contribution < -0.4 is 5.32 Å². The van der Waals surface area contributed by atoms with Gasteiger partial charge in [-0.05, 0) is 31.4 Å². The Labute approximate surface area is 172 Å². The van der Waals surface area contributed by atoms with Gasteiger partial charge in [-0.25, -0.2) is 0 Å². The van der Waals surface area contributed by atoms with Crippen molar-refractivity contribution in [2.45, 2.75) is 52.7 Å². The predicted molar refractivity (Wildman–Crippen MR) is 110 cm³/mol. The van der Waals surface area contributed by atoms with Gasteiger partial charge in [0.1, 0.15) is 12.4 Å². The average molecular weight is 401 g/mol. The van der Waals surface area contributed by atoms with Gasteiger partial charge in [0.25, 0.3) is 0 Å². The van der Waals surface area contributed by atoms with Crippen LogP contribution in [0.25, 0.3) is 0 Å². The summed E-state index contributed by atoms with van der Waals surface area (Å²) in [7, 11) is 1.53. The first kappa shape index (κ1) is 21.4. The molecule has 0 fully saturated rings. The van der Waals surface area contributed by atoms with Crippen LogP contribution in [0.1, 0.15) is 49.3 Å². The second kappa shape index (κ2) is 9.93. The number of aromatic nitrogens is 4. The second-order valence-electron chi connectivity index (χ2n) is 8.11. The molecule has 29 heavy (non-hydrogen) atoms. The number of amides is 1. The van der Waals surface area contributed by atoms with Crippen LogP contribution in [0.3, 0.4) is 0 Å². The number of fused-ring (bicyclic) bond motifs is 1. The molecule has 1 atom stereocenters. The Bertz CT molecular complexity index is 819. The minimum atomic E-state index is -0.163. The van der Waals surface area contributed by atoms with E-state index in [9.17, 15) is 4.79 Å². The highest BCUT2D eigenvalue weighted by Gasteiger charge is 2.26. The van der Waals surface area contributed by atoms with Gasteiger partial charge >= 0.3 is 0 Å². The van der Waals surface area contributed by atoms with E-state index in [2.05, 4.69) is 55.9 Å². The van der Waals surface area contributed by atoms with Gasteiger partial charge in [-0.2, -0.15) is 0 Å². The zero-order valence-corrected chi connectivity index (χ0v) is 17.9. The molecule has 8 nitrogen and oxygen atoms in total. The number of rotatable bonds is 8. The fourth-order valence-electron chi connectivity index (χ4n) is 3.79. The standard InChI is InChI=1S/C21H32N6O2/c1-15(2)12-18(23-20(28)14-29-4)21-25-24-19-8-9-26(10-11-27(19)21)13-17-7-5-6-16(3)22-17/h5-7,15,18H,8-14H2,1-4H3,(H,23,28). The van der Waals surface area contributed by atoms with Gasteiger partial charge in [0.2, 0.25) is 5.91 Å². The summed E-state index contributed by atoms with van der Waals surface area (Å²) >= 11 is 0. The van der Waals surface area contributed by atoms with Crippen LogP contribution >= 0.6 is 0 Å². The maximum Gasteiger partial charge on any atom is 0.246 e. The number of nitrogens with one attached hydrogen (secondary N) is 1. The highest BCUT2D eigenvalue weighted by atomic mass is 16.5. The zero-order valence-electron chi connectivity index (χ0n) is 17.9. The first-order valence-corrected chi connectivity index (χ1v) is 10.3. The number of pyridine rings is 1. The lowest BCUT2D eigenvalue weighted by Crippen LogP contribution is -2.34. The number of carbonyl (C=O) groups excluding carboxylic acids is 1. The van der Waals surface area contributed by atoms with Crippen molar-refractivity contribution in [1.29, 1.82) is 0 Å². The van der Waals surface area contributed by atoms with E-state index in [1.807, 2.05) is 13.0 Å².